The summed E-state index contributed by atoms with van der Waals surface area (Å²) in [6.45, 7) is 3.52. The Labute approximate surface area is 109 Å². The van der Waals surface area contributed by atoms with Crippen LogP contribution in [0.15, 0.2) is 22.7 Å². The number of hydrogen-bond acceptors (Lipinski definition) is 6. The molecule has 1 aromatic heterocycles. The lowest BCUT2D eigenvalue weighted by atomic mass is 10.1. The van der Waals surface area contributed by atoms with Gasteiger partial charge in [0.2, 0.25) is 0 Å². The zero-order chi connectivity index (χ0) is 14.0. The lowest BCUT2D eigenvalue weighted by molar-refractivity contribution is -0.385. The van der Waals surface area contributed by atoms with Gasteiger partial charge >= 0.3 is 0 Å². The Morgan fingerprint density at radius 1 is 1.53 bits per heavy atom. The summed E-state index contributed by atoms with van der Waals surface area (Å²) in [4.78, 5) is 14.6. The summed E-state index contributed by atoms with van der Waals surface area (Å²) in [6.07, 6.45) is 0.497. The fourth-order valence-corrected chi connectivity index (χ4v) is 1.68. The van der Waals surface area contributed by atoms with E-state index in [-0.39, 0.29) is 17.6 Å². The molecule has 0 bridgehead atoms. The summed E-state index contributed by atoms with van der Waals surface area (Å²) in [5.41, 5.74) is 6.79. The number of aromatic nitrogens is 2. The van der Waals surface area contributed by atoms with Crippen LogP contribution in [0.2, 0.25) is 0 Å². The molecule has 0 fully saturated rings. The zero-order valence-corrected chi connectivity index (χ0v) is 10.7. The maximum absolute atomic E-state index is 10.9. The molecule has 1 unspecified atom stereocenters. The highest BCUT2D eigenvalue weighted by molar-refractivity contribution is 5.59. The molecular weight excluding hydrogens is 248 g/mol. The number of nitrogens with two attached hydrogens (primary N) is 1. The van der Waals surface area contributed by atoms with E-state index in [1.165, 1.54) is 6.07 Å². The molecule has 0 radical (unpaired) electrons. The molecule has 0 aliphatic heterocycles. The minimum absolute atomic E-state index is 0.0319. The van der Waals surface area contributed by atoms with E-state index in [4.69, 9.17) is 10.3 Å². The Kier molecular flexibility index (Phi) is 3.57. The van der Waals surface area contributed by atoms with Crippen LogP contribution in [0.4, 0.5) is 5.69 Å². The van der Waals surface area contributed by atoms with Gasteiger partial charge in [0.15, 0.2) is 5.82 Å². The Balaban J connectivity index is 2.34. The van der Waals surface area contributed by atoms with E-state index in [2.05, 4.69) is 10.1 Å². The van der Waals surface area contributed by atoms with Crippen molar-refractivity contribution in [3.63, 3.8) is 0 Å². The van der Waals surface area contributed by atoms with E-state index in [9.17, 15) is 10.1 Å². The fourth-order valence-electron chi connectivity index (χ4n) is 1.68. The van der Waals surface area contributed by atoms with Crippen molar-refractivity contribution >= 4 is 5.69 Å². The number of hydrogen-bond donors (Lipinski definition) is 1. The van der Waals surface area contributed by atoms with Crippen molar-refractivity contribution in [2.24, 2.45) is 5.73 Å². The second-order valence-electron chi connectivity index (χ2n) is 4.46. The molecule has 0 amide bonds. The van der Waals surface area contributed by atoms with Crippen molar-refractivity contribution in [1.29, 1.82) is 0 Å². The van der Waals surface area contributed by atoms with Crippen LogP contribution in [0.25, 0.3) is 11.5 Å². The topological polar surface area (TPSA) is 108 Å². The Hall–Kier alpha value is -2.28. The smallest absolute Gasteiger partial charge is 0.273 e. The molecule has 100 valence electrons. The van der Waals surface area contributed by atoms with Crippen LogP contribution in [0.1, 0.15) is 18.3 Å². The van der Waals surface area contributed by atoms with Crippen LogP contribution in [0, 0.1) is 17.0 Å². The first-order valence-corrected chi connectivity index (χ1v) is 5.81. The lowest BCUT2D eigenvalue weighted by Gasteiger charge is -1.99. The van der Waals surface area contributed by atoms with E-state index in [0.717, 1.165) is 0 Å². The summed E-state index contributed by atoms with van der Waals surface area (Å²) < 4.78 is 5.09. The second kappa shape index (κ2) is 5.15. The van der Waals surface area contributed by atoms with Gasteiger partial charge in [-0.1, -0.05) is 11.2 Å². The number of rotatable bonds is 4. The molecule has 2 N–H and O–H groups in total. The Morgan fingerprint density at radius 3 is 2.89 bits per heavy atom. The number of benzene rings is 1. The Bertz CT molecular complexity index is 607. The number of aryl methyl sites for hydroxylation is 1. The third kappa shape index (κ3) is 2.94. The van der Waals surface area contributed by atoms with Crippen LogP contribution in [-0.4, -0.2) is 21.1 Å². The fraction of sp³-hybridized carbons (Fsp3) is 0.333. The van der Waals surface area contributed by atoms with Gasteiger partial charge in [-0.15, -0.1) is 0 Å². The first kappa shape index (κ1) is 13.2. The molecule has 0 saturated heterocycles. The highest BCUT2D eigenvalue weighted by Crippen LogP contribution is 2.25. The number of nitro groups is 1. The summed E-state index contributed by atoms with van der Waals surface area (Å²) in [5, 5.41) is 14.7. The summed E-state index contributed by atoms with van der Waals surface area (Å²) >= 11 is 0. The summed E-state index contributed by atoms with van der Waals surface area (Å²) in [6, 6.07) is 4.73. The van der Waals surface area contributed by atoms with Gasteiger partial charge in [0, 0.05) is 29.7 Å². The van der Waals surface area contributed by atoms with Crippen molar-refractivity contribution in [2.45, 2.75) is 26.3 Å². The highest BCUT2D eigenvalue weighted by atomic mass is 16.6. The maximum Gasteiger partial charge on any atom is 0.273 e. The molecule has 0 spiro atoms. The molecular formula is C12H14N4O3. The molecule has 1 atom stereocenters. The zero-order valence-electron chi connectivity index (χ0n) is 10.7. The van der Waals surface area contributed by atoms with E-state index in [1.807, 2.05) is 6.92 Å². The molecule has 0 saturated carbocycles. The van der Waals surface area contributed by atoms with Gasteiger partial charge < -0.3 is 10.3 Å². The quantitative estimate of drug-likeness (QED) is 0.665. The van der Waals surface area contributed by atoms with Crippen molar-refractivity contribution in [3.05, 3.63) is 39.7 Å². The van der Waals surface area contributed by atoms with Crippen molar-refractivity contribution < 1.29 is 9.45 Å². The minimum atomic E-state index is -0.432. The van der Waals surface area contributed by atoms with Crippen molar-refractivity contribution in [3.8, 4) is 11.5 Å². The standard InChI is InChI=1S/C12H14N4O3/c1-7-3-4-9(6-10(7)16(17)18)12-14-11(15-19-12)5-8(2)13/h3-4,6,8H,5,13H2,1-2H3. The normalized spacial score (nSPS) is 12.4. The van der Waals surface area contributed by atoms with Crippen molar-refractivity contribution in [1.82, 2.24) is 10.1 Å². The molecule has 7 nitrogen and oxygen atoms in total. The summed E-state index contributed by atoms with van der Waals surface area (Å²) in [7, 11) is 0. The predicted octanol–water partition coefficient (Wildman–Crippen LogP) is 1.84. The number of nitrogens with zero attached hydrogens (tertiary/aromatic N) is 3. The van der Waals surface area contributed by atoms with Crippen LogP contribution >= 0.6 is 0 Å². The molecule has 1 heterocycles. The average Bonchev–Trinajstić information content (AvgIpc) is 2.76. The largest absolute Gasteiger partial charge is 0.334 e. The van der Waals surface area contributed by atoms with Gasteiger partial charge in [0.25, 0.3) is 11.6 Å². The SMILES string of the molecule is Cc1ccc(-c2nc(CC(C)N)no2)cc1[N+](=O)[O-]. The molecule has 1 aromatic carbocycles. The number of nitro benzene ring substituents is 1. The Morgan fingerprint density at radius 2 is 2.26 bits per heavy atom. The van der Waals surface area contributed by atoms with Gasteiger partial charge in [-0.05, 0) is 19.9 Å². The van der Waals surface area contributed by atoms with E-state index in [1.54, 1.807) is 19.1 Å². The minimum Gasteiger partial charge on any atom is -0.334 e. The van der Waals surface area contributed by atoms with E-state index >= 15 is 0 Å². The first-order valence-electron chi connectivity index (χ1n) is 5.81. The van der Waals surface area contributed by atoms with Crippen molar-refractivity contribution in [2.75, 3.05) is 0 Å². The average molecular weight is 262 g/mol. The van der Waals surface area contributed by atoms with Crippen LogP contribution in [0.3, 0.4) is 0 Å². The molecule has 7 heteroatoms. The molecule has 0 aliphatic carbocycles. The molecule has 0 aliphatic rings. The van der Waals surface area contributed by atoms with E-state index in [0.29, 0.717) is 23.4 Å². The third-order valence-electron chi connectivity index (χ3n) is 2.63. The van der Waals surface area contributed by atoms with Gasteiger partial charge in [0.05, 0.1) is 4.92 Å². The van der Waals surface area contributed by atoms with E-state index < -0.39 is 4.92 Å². The first-order chi connectivity index (χ1) is 8.97. The van der Waals surface area contributed by atoms with Crippen LogP contribution in [0.5, 0.6) is 0 Å². The predicted molar refractivity (Wildman–Crippen MR) is 68.5 cm³/mol. The summed E-state index contributed by atoms with van der Waals surface area (Å²) in [5.74, 6) is 0.756. The molecule has 2 rings (SSSR count). The van der Waals surface area contributed by atoms with Gasteiger partial charge in [-0.2, -0.15) is 4.98 Å². The van der Waals surface area contributed by atoms with Gasteiger partial charge in [-0.25, -0.2) is 0 Å². The maximum atomic E-state index is 10.9. The molecule has 2 aromatic rings. The third-order valence-corrected chi connectivity index (χ3v) is 2.63. The van der Waals surface area contributed by atoms with Gasteiger partial charge in [0.1, 0.15) is 0 Å². The monoisotopic (exact) mass is 262 g/mol. The van der Waals surface area contributed by atoms with Gasteiger partial charge in [-0.3, -0.25) is 10.1 Å². The van der Waals surface area contributed by atoms with Crippen LogP contribution in [-0.2, 0) is 6.42 Å². The van der Waals surface area contributed by atoms with Crippen LogP contribution < -0.4 is 5.73 Å². The lowest BCUT2D eigenvalue weighted by Crippen LogP contribution is -2.18. The molecule has 19 heavy (non-hydrogen) atoms. The second-order valence-corrected chi connectivity index (χ2v) is 4.46. The highest BCUT2D eigenvalue weighted by Gasteiger charge is 2.16.